The summed E-state index contributed by atoms with van der Waals surface area (Å²) in [5.74, 6) is 1.28. The molecule has 0 spiro atoms. The number of ketones is 1. The number of thiophene rings is 1. The normalized spacial score (nSPS) is 21.4. The van der Waals surface area contributed by atoms with Crippen LogP contribution in [0.2, 0.25) is 0 Å². The molecule has 3 atom stereocenters. The van der Waals surface area contributed by atoms with Gasteiger partial charge in [-0.15, -0.1) is 11.3 Å². The van der Waals surface area contributed by atoms with Crippen LogP contribution in [-0.2, 0) is 6.54 Å². The van der Waals surface area contributed by atoms with Crippen molar-refractivity contribution in [1.82, 2.24) is 14.5 Å². The van der Waals surface area contributed by atoms with Gasteiger partial charge < -0.3 is 15.0 Å². The molecule has 0 saturated heterocycles. The largest absolute Gasteiger partial charge is 0.396 e. The third-order valence-corrected chi connectivity index (χ3v) is 6.94. The van der Waals surface area contributed by atoms with Crippen molar-refractivity contribution in [2.45, 2.75) is 39.3 Å². The fraction of sp³-hybridized carbons (Fsp3) is 0.409. The van der Waals surface area contributed by atoms with Crippen molar-refractivity contribution in [3.05, 3.63) is 64.0 Å². The molecule has 29 heavy (non-hydrogen) atoms. The monoisotopic (exact) mass is 410 g/mol. The van der Waals surface area contributed by atoms with Crippen molar-refractivity contribution in [2.75, 3.05) is 11.9 Å². The maximum atomic E-state index is 13.2. The predicted molar refractivity (Wildman–Crippen MR) is 114 cm³/mol. The first-order valence-corrected chi connectivity index (χ1v) is 10.8. The maximum absolute atomic E-state index is 13.2. The SMILES string of the molecule is Cc1sc(C(=O)c2cncnc2N[C@@H]2C[C@H](CO)[C@@H](C)C2)cc1Cn1cccc1. The van der Waals surface area contributed by atoms with E-state index in [2.05, 4.69) is 33.7 Å². The molecule has 0 amide bonds. The molecule has 0 radical (unpaired) electrons. The van der Waals surface area contributed by atoms with Gasteiger partial charge in [-0.1, -0.05) is 6.92 Å². The number of rotatable bonds is 7. The Morgan fingerprint density at radius 2 is 2.14 bits per heavy atom. The summed E-state index contributed by atoms with van der Waals surface area (Å²) in [5, 5.41) is 13.0. The highest BCUT2D eigenvalue weighted by atomic mass is 32.1. The molecule has 0 unspecified atom stereocenters. The lowest BCUT2D eigenvalue weighted by Gasteiger charge is -2.15. The minimum absolute atomic E-state index is 0.0512. The van der Waals surface area contributed by atoms with E-state index in [4.69, 9.17) is 0 Å². The number of carbonyl (C=O) groups excluding carboxylic acids is 1. The van der Waals surface area contributed by atoms with E-state index in [1.165, 1.54) is 17.7 Å². The van der Waals surface area contributed by atoms with Gasteiger partial charge in [0.1, 0.15) is 12.1 Å². The number of aliphatic hydroxyl groups excluding tert-OH is 1. The summed E-state index contributed by atoms with van der Waals surface area (Å²) in [6.07, 6.45) is 8.95. The Bertz CT molecular complexity index is 983. The van der Waals surface area contributed by atoms with Gasteiger partial charge in [-0.25, -0.2) is 9.97 Å². The standard InChI is InChI=1S/C22H26N4O2S/c1-14-7-18(8-17(14)12-27)25-22-19(10-23-13-24-22)21(28)20-9-16(15(2)29-20)11-26-5-3-4-6-26/h3-6,9-10,13-14,17-18,27H,7-8,11-12H2,1-2H3,(H,23,24,25)/t14-,17+,18-/m0/s1. The van der Waals surface area contributed by atoms with Crippen LogP contribution < -0.4 is 5.32 Å². The third kappa shape index (κ3) is 4.26. The Kier molecular flexibility index (Phi) is 5.78. The zero-order valence-electron chi connectivity index (χ0n) is 16.7. The van der Waals surface area contributed by atoms with E-state index in [1.807, 2.05) is 30.6 Å². The molecule has 7 heteroatoms. The van der Waals surface area contributed by atoms with Crippen LogP contribution in [0.1, 0.15) is 45.4 Å². The molecule has 0 aromatic carbocycles. The molecule has 3 heterocycles. The van der Waals surface area contributed by atoms with E-state index in [1.54, 1.807) is 6.20 Å². The molecular formula is C22H26N4O2S. The lowest BCUT2D eigenvalue weighted by Crippen LogP contribution is -2.19. The minimum Gasteiger partial charge on any atom is -0.396 e. The summed E-state index contributed by atoms with van der Waals surface area (Å²) >= 11 is 1.52. The lowest BCUT2D eigenvalue weighted by molar-refractivity contribution is 0.104. The summed E-state index contributed by atoms with van der Waals surface area (Å²) in [6.45, 7) is 5.17. The number of hydrogen-bond donors (Lipinski definition) is 2. The van der Waals surface area contributed by atoms with E-state index in [-0.39, 0.29) is 18.4 Å². The van der Waals surface area contributed by atoms with Crippen molar-refractivity contribution in [1.29, 1.82) is 0 Å². The molecule has 3 aromatic rings. The number of aromatic nitrogens is 3. The van der Waals surface area contributed by atoms with Crippen LogP contribution >= 0.6 is 11.3 Å². The third-order valence-electron chi connectivity index (χ3n) is 5.84. The fourth-order valence-electron chi connectivity index (χ4n) is 4.11. The number of nitrogens with one attached hydrogen (secondary N) is 1. The van der Waals surface area contributed by atoms with Crippen molar-refractivity contribution < 1.29 is 9.90 Å². The molecule has 2 N–H and O–H groups in total. The van der Waals surface area contributed by atoms with Gasteiger partial charge in [0.15, 0.2) is 0 Å². The molecule has 0 aliphatic heterocycles. The van der Waals surface area contributed by atoms with Gasteiger partial charge in [0, 0.05) is 42.7 Å². The summed E-state index contributed by atoms with van der Waals surface area (Å²) < 4.78 is 2.10. The van der Waals surface area contributed by atoms with Gasteiger partial charge in [0.25, 0.3) is 0 Å². The number of carbonyl (C=O) groups is 1. The molecular weight excluding hydrogens is 384 g/mol. The maximum Gasteiger partial charge on any atom is 0.208 e. The van der Waals surface area contributed by atoms with Gasteiger partial charge in [0.2, 0.25) is 5.78 Å². The first-order valence-electron chi connectivity index (χ1n) is 9.97. The second-order valence-electron chi connectivity index (χ2n) is 7.89. The number of aliphatic hydroxyl groups is 1. The Balaban J connectivity index is 1.54. The number of aryl methyl sites for hydroxylation is 1. The highest BCUT2D eigenvalue weighted by molar-refractivity contribution is 7.14. The van der Waals surface area contributed by atoms with Crippen LogP contribution in [0.3, 0.4) is 0 Å². The fourth-order valence-corrected chi connectivity index (χ4v) is 5.09. The highest BCUT2D eigenvalue weighted by Gasteiger charge is 2.31. The summed E-state index contributed by atoms with van der Waals surface area (Å²) in [4.78, 5) is 23.5. The second kappa shape index (κ2) is 8.47. The lowest BCUT2D eigenvalue weighted by atomic mass is 10.00. The van der Waals surface area contributed by atoms with Crippen molar-refractivity contribution in [3.8, 4) is 0 Å². The molecule has 1 aliphatic carbocycles. The van der Waals surface area contributed by atoms with Crippen LogP contribution in [0, 0.1) is 18.8 Å². The number of nitrogens with zero attached hydrogens (tertiary/aromatic N) is 3. The number of hydrogen-bond acceptors (Lipinski definition) is 6. The first kappa shape index (κ1) is 19.8. The van der Waals surface area contributed by atoms with Crippen LogP contribution in [0.5, 0.6) is 0 Å². The number of anilines is 1. The second-order valence-corrected chi connectivity index (χ2v) is 9.15. The molecule has 0 bridgehead atoms. The van der Waals surface area contributed by atoms with Gasteiger partial charge >= 0.3 is 0 Å². The highest BCUT2D eigenvalue weighted by Crippen LogP contribution is 2.34. The predicted octanol–water partition coefficient (Wildman–Crippen LogP) is 3.75. The molecule has 152 valence electrons. The van der Waals surface area contributed by atoms with Gasteiger partial charge in [-0.05, 0) is 55.4 Å². The van der Waals surface area contributed by atoms with Gasteiger partial charge in [-0.2, -0.15) is 0 Å². The average Bonchev–Trinajstić information content (AvgIpc) is 3.43. The van der Waals surface area contributed by atoms with Crippen molar-refractivity contribution in [3.63, 3.8) is 0 Å². The Labute approximate surface area is 174 Å². The van der Waals surface area contributed by atoms with Gasteiger partial charge in [-0.3, -0.25) is 4.79 Å². The first-order chi connectivity index (χ1) is 14.0. The Morgan fingerprint density at radius 1 is 1.34 bits per heavy atom. The van der Waals surface area contributed by atoms with E-state index in [0.29, 0.717) is 28.1 Å². The van der Waals surface area contributed by atoms with Crippen LogP contribution in [-0.4, -0.2) is 38.1 Å². The van der Waals surface area contributed by atoms with Crippen molar-refractivity contribution >= 4 is 22.9 Å². The summed E-state index contributed by atoms with van der Waals surface area (Å²) in [5.41, 5.74) is 1.65. The Hall–Kier alpha value is -2.51. The summed E-state index contributed by atoms with van der Waals surface area (Å²) in [6, 6.07) is 6.19. The van der Waals surface area contributed by atoms with Crippen molar-refractivity contribution in [2.24, 2.45) is 11.8 Å². The van der Waals surface area contributed by atoms with Gasteiger partial charge in [0.05, 0.1) is 10.4 Å². The minimum atomic E-state index is -0.0512. The zero-order valence-corrected chi connectivity index (χ0v) is 17.5. The van der Waals surface area contributed by atoms with Crippen LogP contribution in [0.4, 0.5) is 5.82 Å². The van der Waals surface area contributed by atoms with Crippen LogP contribution in [0.15, 0.2) is 43.1 Å². The molecule has 1 aliphatic rings. The molecule has 4 rings (SSSR count). The molecule has 1 saturated carbocycles. The molecule has 6 nitrogen and oxygen atoms in total. The zero-order chi connectivity index (χ0) is 20.4. The quantitative estimate of drug-likeness (QED) is 0.580. The molecule has 1 fully saturated rings. The van der Waals surface area contributed by atoms with Crippen LogP contribution in [0.25, 0.3) is 0 Å². The summed E-state index contributed by atoms with van der Waals surface area (Å²) in [7, 11) is 0. The van der Waals surface area contributed by atoms with E-state index in [9.17, 15) is 9.90 Å². The topological polar surface area (TPSA) is 80.0 Å². The Morgan fingerprint density at radius 3 is 2.86 bits per heavy atom. The van der Waals surface area contributed by atoms with E-state index >= 15 is 0 Å². The van der Waals surface area contributed by atoms with E-state index < -0.39 is 0 Å². The smallest absolute Gasteiger partial charge is 0.208 e. The molecule has 3 aromatic heterocycles. The average molecular weight is 411 g/mol. The van der Waals surface area contributed by atoms with E-state index in [0.717, 1.165) is 29.8 Å².